The number of anilines is 1. The van der Waals surface area contributed by atoms with Crippen LogP contribution in [0.4, 0.5) is 10.5 Å². The van der Waals surface area contributed by atoms with Gasteiger partial charge in [0.05, 0.1) is 11.1 Å². The molecule has 0 aromatic carbocycles. The van der Waals surface area contributed by atoms with Gasteiger partial charge in [-0.3, -0.25) is 4.79 Å². The number of pyridine rings is 1. The minimum Gasteiger partial charge on any atom is -0.351 e. The normalized spacial score (nSPS) is 10.1. The number of rotatable bonds is 2. The maximum Gasteiger partial charge on any atom is 0.316 e. The van der Waals surface area contributed by atoms with Crippen molar-refractivity contribution in [3.8, 4) is 0 Å². The monoisotopic (exact) mass is 204 g/mol. The first kappa shape index (κ1) is 9.20. The minimum absolute atomic E-state index is 0.432. The van der Waals surface area contributed by atoms with Gasteiger partial charge in [0.1, 0.15) is 5.65 Å². The molecule has 2 rings (SSSR count). The van der Waals surface area contributed by atoms with E-state index in [0.717, 1.165) is 0 Å². The van der Waals surface area contributed by atoms with E-state index >= 15 is 0 Å². The van der Waals surface area contributed by atoms with Crippen molar-refractivity contribution in [2.75, 3.05) is 5.32 Å². The van der Waals surface area contributed by atoms with E-state index in [2.05, 4.69) is 15.3 Å². The molecule has 4 N–H and O–H groups in total. The number of primary amides is 1. The predicted molar refractivity (Wildman–Crippen MR) is 54.7 cm³/mol. The van der Waals surface area contributed by atoms with E-state index in [0.29, 0.717) is 28.6 Å². The number of nitrogens with two attached hydrogens (primary N) is 1. The molecule has 2 heterocycles. The van der Waals surface area contributed by atoms with Gasteiger partial charge < -0.3 is 16.0 Å². The maximum atomic E-state index is 10.7. The number of nitrogens with one attached hydrogen (secondary N) is 2. The molecule has 0 aliphatic heterocycles. The average molecular weight is 204 g/mol. The fraction of sp³-hybridized carbons (Fsp3) is 0. The number of aromatic nitrogens is 2. The maximum absolute atomic E-state index is 10.7. The van der Waals surface area contributed by atoms with Crippen molar-refractivity contribution in [3.05, 3.63) is 24.0 Å². The quantitative estimate of drug-likeness (QED) is 0.632. The van der Waals surface area contributed by atoms with Crippen LogP contribution in [-0.2, 0) is 0 Å². The summed E-state index contributed by atoms with van der Waals surface area (Å²) in [5.74, 6) is 0. The summed E-state index contributed by atoms with van der Waals surface area (Å²) in [6, 6.07) is 0.897. The van der Waals surface area contributed by atoms with Crippen molar-refractivity contribution < 1.29 is 9.59 Å². The van der Waals surface area contributed by atoms with Crippen LogP contribution < -0.4 is 11.1 Å². The van der Waals surface area contributed by atoms with E-state index in [1.165, 1.54) is 12.4 Å². The molecule has 6 nitrogen and oxygen atoms in total. The van der Waals surface area contributed by atoms with Crippen LogP contribution in [0.5, 0.6) is 0 Å². The van der Waals surface area contributed by atoms with Crippen LogP contribution in [0.25, 0.3) is 11.0 Å². The molecule has 76 valence electrons. The third-order valence-corrected chi connectivity index (χ3v) is 1.99. The molecule has 0 spiro atoms. The minimum atomic E-state index is -0.680. The molecule has 2 aromatic rings. The molecular weight excluding hydrogens is 196 g/mol. The SMILES string of the molecule is NC(=O)Nc1ccnc2[nH]cc(C=O)c12. The summed E-state index contributed by atoms with van der Waals surface area (Å²) in [6.45, 7) is 0. The van der Waals surface area contributed by atoms with Gasteiger partial charge in [-0.05, 0) is 6.07 Å². The van der Waals surface area contributed by atoms with Crippen LogP contribution in [0.3, 0.4) is 0 Å². The first-order valence-corrected chi connectivity index (χ1v) is 4.20. The Hall–Kier alpha value is -2.37. The molecule has 0 saturated heterocycles. The van der Waals surface area contributed by atoms with Crippen LogP contribution in [0, 0.1) is 0 Å². The predicted octanol–water partition coefficient (Wildman–Crippen LogP) is 0.866. The standard InChI is InChI=1S/C9H8N4O2/c10-9(15)13-6-1-2-11-8-7(6)5(4-14)3-12-8/h1-4H,(H4,10,11,12,13,15). The number of urea groups is 1. The third kappa shape index (κ3) is 1.52. The molecule has 0 fully saturated rings. The number of H-pyrrole nitrogens is 1. The fourth-order valence-electron chi connectivity index (χ4n) is 1.41. The lowest BCUT2D eigenvalue weighted by Gasteiger charge is -2.02. The Morgan fingerprint density at radius 1 is 1.60 bits per heavy atom. The highest BCUT2D eigenvalue weighted by atomic mass is 16.2. The second-order valence-electron chi connectivity index (χ2n) is 2.93. The van der Waals surface area contributed by atoms with Crippen molar-refractivity contribution in [2.45, 2.75) is 0 Å². The molecule has 0 unspecified atom stereocenters. The Bertz CT molecular complexity index is 532. The summed E-state index contributed by atoms with van der Waals surface area (Å²) in [4.78, 5) is 28.3. The summed E-state index contributed by atoms with van der Waals surface area (Å²) >= 11 is 0. The fourth-order valence-corrected chi connectivity index (χ4v) is 1.41. The summed E-state index contributed by atoms with van der Waals surface area (Å²) in [5.41, 5.74) is 6.44. The molecule has 0 aliphatic rings. The molecule has 2 amide bonds. The van der Waals surface area contributed by atoms with E-state index in [4.69, 9.17) is 5.73 Å². The molecule has 0 bridgehead atoms. The number of aromatic amines is 1. The van der Waals surface area contributed by atoms with Crippen molar-refractivity contribution >= 4 is 29.0 Å². The third-order valence-electron chi connectivity index (χ3n) is 1.99. The van der Waals surface area contributed by atoms with Crippen LogP contribution in [0.2, 0.25) is 0 Å². The smallest absolute Gasteiger partial charge is 0.316 e. The van der Waals surface area contributed by atoms with Crippen LogP contribution in [0.1, 0.15) is 10.4 Å². The first-order valence-electron chi connectivity index (χ1n) is 4.20. The number of aldehydes is 1. The van der Waals surface area contributed by atoms with E-state index in [-0.39, 0.29) is 0 Å². The second kappa shape index (κ2) is 3.41. The average Bonchev–Trinajstić information content (AvgIpc) is 2.61. The summed E-state index contributed by atoms with van der Waals surface area (Å²) in [5, 5.41) is 2.99. The molecule has 6 heteroatoms. The Morgan fingerprint density at radius 3 is 3.07 bits per heavy atom. The summed E-state index contributed by atoms with van der Waals surface area (Å²) in [7, 11) is 0. The van der Waals surface area contributed by atoms with Gasteiger partial charge in [-0.15, -0.1) is 0 Å². The Kier molecular flexibility index (Phi) is 2.09. The lowest BCUT2D eigenvalue weighted by molar-refractivity contribution is 0.112. The Labute approximate surface area is 84.5 Å². The molecular formula is C9H8N4O2. The number of hydrogen-bond acceptors (Lipinski definition) is 3. The number of carbonyl (C=O) groups is 2. The van der Waals surface area contributed by atoms with Gasteiger partial charge in [0, 0.05) is 18.0 Å². The van der Waals surface area contributed by atoms with Gasteiger partial charge in [0.2, 0.25) is 0 Å². The number of carbonyl (C=O) groups excluding carboxylic acids is 2. The molecule has 2 aromatic heterocycles. The molecule has 15 heavy (non-hydrogen) atoms. The summed E-state index contributed by atoms with van der Waals surface area (Å²) < 4.78 is 0. The number of amides is 2. The van der Waals surface area contributed by atoms with Crippen molar-refractivity contribution in [1.29, 1.82) is 0 Å². The zero-order valence-corrected chi connectivity index (χ0v) is 7.65. The highest BCUT2D eigenvalue weighted by Crippen LogP contribution is 2.23. The zero-order valence-electron chi connectivity index (χ0n) is 7.65. The van der Waals surface area contributed by atoms with Gasteiger partial charge in [-0.1, -0.05) is 0 Å². The molecule has 0 radical (unpaired) electrons. The molecule has 0 aliphatic carbocycles. The number of nitrogens with zero attached hydrogens (tertiary/aromatic N) is 1. The Morgan fingerprint density at radius 2 is 2.40 bits per heavy atom. The van der Waals surface area contributed by atoms with Crippen molar-refractivity contribution in [1.82, 2.24) is 9.97 Å². The highest BCUT2D eigenvalue weighted by molar-refractivity contribution is 6.06. The summed E-state index contributed by atoms with van der Waals surface area (Å²) in [6.07, 6.45) is 3.72. The van der Waals surface area contributed by atoms with Gasteiger partial charge in [0.25, 0.3) is 0 Å². The van der Waals surface area contributed by atoms with E-state index < -0.39 is 6.03 Å². The zero-order chi connectivity index (χ0) is 10.8. The van der Waals surface area contributed by atoms with E-state index in [1.807, 2.05) is 0 Å². The molecule has 0 saturated carbocycles. The van der Waals surface area contributed by atoms with Gasteiger partial charge in [0.15, 0.2) is 6.29 Å². The molecule has 0 atom stereocenters. The van der Waals surface area contributed by atoms with Crippen molar-refractivity contribution in [2.24, 2.45) is 5.73 Å². The van der Waals surface area contributed by atoms with Crippen LogP contribution in [-0.4, -0.2) is 22.3 Å². The highest BCUT2D eigenvalue weighted by Gasteiger charge is 2.09. The first-order chi connectivity index (χ1) is 7.22. The van der Waals surface area contributed by atoms with Gasteiger partial charge in [-0.2, -0.15) is 0 Å². The Balaban J connectivity index is 2.66. The van der Waals surface area contributed by atoms with E-state index in [9.17, 15) is 9.59 Å². The van der Waals surface area contributed by atoms with Crippen LogP contribution in [0.15, 0.2) is 18.5 Å². The number of hydrogen-bond donors (Lipinski definition) is 3. The largest absolute Gasteiger partial charge is 0.351 e. The van der Waals surface area contributed by atoms with Crippen LogP contribution >= 0.6 is 0 Å². The van der Waals surface area contributed by atoms with E-state index in [1.54, 1.807) is 6.07 Å². The lowest BCUT2D eigenvalue weighted by Crippen LogP contribution is -2.19. The second-order valence-corrected chi connectivity index (χ2v) is 2.93. The van der Waals surface area contributed by atoms with Gasteiger partial charge >= 0.3 is 6.03 Å². The lowest BCUT2D eigenvalue weighted by atomic mass is 10.2. The number of fused-ring (bicyclic) bond motifs is 1. The topological polar surface area (TPSA) is 101 Å². The van der Waals surface area contributed by atoms with Gasteiger partial charge in [-0.25, -0.2) is 9.78 Å². The van der Waals surface area contributed by atoms with Crippen molar-refractivity contribution in [3.63, 3.8) is 0 Å².